The van der Waals surface area contributed by atoms with Crippen molar-refractivity contribution in [3.05, 3.63) is 23.8 Å². The number of rotatable bonds is 7. The van der Waals surface area contributed by atoms with Gasteiger partial charge in [0.05, 0.1) is 5.69 Å². The van der Waals surface area contributed by atoms with Crippen LogP contribution in [0.4, 0.5) is 5.69 Å². The van der Waals surface area contributed by atoms with Crippen molar-refractivity contribution < 1.29 is 23.9 Å². The first-order chi connectivity index (χ1) is 12.3. The summed E-state index contributed by atoms with van der Waals surface area (Å²) in [6, 6.07) is 4.82. The predicted octanol–water partition coefficient (Wildman–Crippen LogP) is 0.646. The standard InChI is InChI=1S/C18H23N3O5/c1-11(22)14-5-6-16-15(9-14)21(18(25)12(2)26-16)10-17(24)20-8-4-7-19-13(3)23/h5-6,9,12H,4,7-8,10H2,1-3H3,(H,19,23)(H,20,24). The van der Waals surface area contributed by atoms with Gasteiger partial charge >= 0.3 is 0 Å². The average molecular weight is 361 g/mol. The second-order valence-electron chi connectivity index (χ2n) is 6.11. The highest BCUT2D eigenvalue weighted by Crippen LogP contribution is 2.34. The van der Waals surface area contributed by atoms with E-state index in [2.05, 4.69) is 10.6 Å². The first-order valence-corrected chi connectivity index (χ1v) is 8.43. The molecule has 2 N–H and O–H groups in total. The molecule has 0 aromatic heterocycles. The minimum atomic E-state index is -0.710. The minimum Gasteiger partial charge on any atom is -0.479 e. The van der Waals surface area contributed by atoms with E-state index in [-0.39, 0.29) is 30.0 Å². The lowest BCUT2D eigenvalue weighted by Gasteiger charge is -2.32. The van der Waals surface area contributed by atoms with Crippen LogP contribution in [0.2, 0.25) is 0 Å². The molecule has 0 fully saturated rings. The fraction of sp³-hybridized carbons (Fsp3) is 0.444. The monoisotopic (exact) mass is 361 g/mol. The summed E-state index contributed by atoms with van der Waals surface area (Å²) in [6.45, 7) is 5.16. The van der Waals surface area contributed by atoms with Gasteiger partial charge in [-0.25, -0.2) is 0 Å². The van der Waals surface area contributed by atoms with E-state index in [1.807, 2.05) is 0 Å². The zero-order valence-electron chi connectivity index (χ0n) is 15.1. The van der Waals surface area contributed by atoms with Gasteiger partial charge in [0.15, 0.2) is 11.9 Å². The van der Waals surface area contributed by atoms with Crippen molar-refractivity contribution in [1.29, 1.82) is 0 Å². The van der Waals surface area contributed by atoms with Gasteiger partial charge in [-0.05, 0) is 38.5 Å². The lowest BCUT2D eigenvalue weighted by molar-refractivity contribution is -0.128. The summed E-state index contributed by atoms with van der Waals surface area (Å²) in [5.41, 5.74) is 0.851. The molecule has 0 saturated carbocycles. The summed E-state index contributed by atoms with van der Waals surface area (Å²) in [5, 5.41) is 5.36. The third-order valence-electron chi connectivity index (χ3n) is 3.93. The largest absolute Gasteiger partial charge is 0.479 e. The minimum absolute atomic E-state index is 0.123. The third-order valence-corrected chi connectivity index (χ3v) is 3.93. The van der Waals surface area contributed by atoms with E-state index in [4.69, 9.17) is 4.74 Å². The van der Waals surface area contributed by atoms with E-state index in [0.717, 1.165) is 0 Å². The van der Waals surface area contributed by atoms with Gasteiger partial charge in [-0.3, -0.25) is 24.1 Å². The number of carbonyl (C=O) groups is 4. The summed E-state index contributed by atoms with van der Waals surface area (Å²) in [4.78, 5) is 48.4. The third kappa shape index (κ3) is 4.81. The molecule has 1 atom stereocenters. The Balaban J connectivity index is 2.04. The SMILES string of the molecule is CC(=O)NCCCNC(=O)CN1C(=O)C(C)Oc2ccc(C(C)=O)cc21. The van der Waals surface area contributed by atoms with Crippen LogP contribution in [0.5, 0.6) is 5.75 Å². The molecule has 0 aliphatic carbocycles. The van der Waals surface area contributed by atoms with E-state index in [1.165, 1.54) is 18.7 Å². The van der Waals surface area contributed by atoms with Crippen LogP contribution in [0.15, 0.2) is 18.2 Å². The van der Waals surface area contributed by atoms with Gasteiger partial charge in [0.1, 0.15) is 12.3 Å². The van der Waals surface area contributed by atoms with Crippen LogP contribution in [0.3, 0.4) is 0 Å². The Hall–Kier alpha value is -2.90. The number of fused-ring (bicyclic) bond motifs is 1. The number of amides is 3. The van der Waals surface area contributed by atoms with Crippen molar-refractivity contribution >= 4 is 29.2 Å². The lowest BCUT2D eigenvalue weighted by Crippen LogP contribution is -2.49. The van der Waals surface area contributed by atoms with Crippen LogP contribution in [-0.2, 0) is 14.4 Å². The van der Waals surface area contributed by atoms with Crippen LogP contribution in [-0.4, -0.2) is 49.2 Å². The normalized spacial score (nSPS) is 15.7. The van der Waals surface area contributed by atoms with Gasteiger partial charge in [-0.15, -0.1) is 0 Å². The number of Topliss-reactive ketones (excluding diaryl/α,β-unsaturated/α-hetero) is 1. The van der Waals surface area contributed by atoms with Crippen LogP contribution in [0.25, 0.3) is 0 Å². The Morgan fingerprint density at radius 1 is 1.15 bits per heavy atom. The fourth-order valence-corrected chi connectivity index (χ4v) is 2.57. The Bertz CT molecular complexity index is 732. The zero-order chi connectivity index (χ0) is 19.3. The Labute approximate surface area is 151 Å². The molecule has 1 aliphatic heterocycles. The molecule has 0 saturated heterocycles. The van der Waals surface area contributed by atoms with Crippen molar-refractivity contribution in [2.24, 2.45) is 0 Å². The molecule has 0 bridgehead atoms. The summed E-state index contributed by atoms with van der Waals surface area (Å²) in [6.07, 6.45) is -0.123. The Morgan fingerprint density at radius 2 is 1.85 bits per heavy atom. The number of nitrogens with one attached hydrogen (secondary N) is 2. The maximum absolute atomic E-state index is 12.4. The second kappa shape index (κ2) is 8.46. The summed E-state index contributed by atoms with van der Waals surface area (Å²) < 4.78 is 5.55. The highest BCUT2D eigenvalue weighted by Gasteiger charge is 2.33. The molecule has 1 heterocycles. The lowest BCUT2D eigenvalue weighted by atomic mass is 10.1. The summed E-state index contributed by atoms with van der Waals surface area (Å²) in [7, 11) is 0. The van der Waals surface area contributed by atoms with Gasteiger partial charge in [0.25, 0.3) is 5.91 Å². The fourth-order valence-electron chi connectivity index (χ4n) is 2.57. The molecule has 1 aromatic rings. The number of ether oxygens (including phenoxy) is 1. The van der Waals surface area contributed by atoms with Gasteiger partial charge < -0.3 is 15.4 Å². The number of hydrogen-bond donors (Lipinski definition) is 2. The van der Waals surface area contributed by atoms with Crippen LogP contribution >= 0.6 is 0 Å². The number of hydrogen-bond acceptors (Lipinski definition) is 5. The molecule has 0 spiro atoms. The second-order valence-corrected chi connectivity index (χ2v) is 6.11. The van der Waals surface area contributed by atoms with E-state index in [0.29, 0.717) is 36.5 Å². The van der Waals surface area contributed by atoms with Crippen LogP contribution in [0, 0.1) is 0 Å². The molecule has 2 rings (SSSR count). The molecular weight excluding hydrogens is 338 g/mol. The van der Waals surface area contributed by atoms with Crippen molar-refractivity contribution in [1.82, 2.24) is 10.6 Å². The highest BCUT2D eigenvalue weighted by molar-refractivity contribution is 6.05. The average Bonchev–Trinajstić information content (AvgIpc) is 2.57. The Morgan fingerprint density at radius 3 is 2.50 bits per heavy atom. The first kappa shape index (κ1) is 19.4. The van der Waals surface area contributed by atoms with E-state index in [9.17, 15) is 19.2 Å². The first-order valence-electron chi connectivity index (χ1n) is 8.43. The van der Waals surface area contributed by atoms with Crippen molar-refractivity contribution in [2.45, 2.75) is 33.3 Å². The zero-order valence-corrected chi connectivity index (χ0v) is 15.1. The highest BCUT2D eigenvalue weighted by atomic mass is 16.5. The number of benzene rings is 1. The quantitative estimate of drug-likeness (QED) is 0.548. The van der Waals surface area contributed by atoms with Crippen LogP contribution < -0.4 is 20.3 Å². The summed E-state index contributed by atoms with van der Waals surface area (Å²) >= 11 is 0. The molecule has 8 heteroatoms. The van der Waals surface area contributed by atoms with Gasteiger partial charge in [0, 0.05) is 25.6 Å². The Kier molecular flexibility index (Phi) is 6.32. The molecule has 1 aliphatic rings. The molecule has 1 aromatic carbocycles. The molecule has 3 amide bonds. The predicted molar refractivity (Wildman–Crippen MR) is 95.2 cm³/mol. The van der Waals surface area contributed by atoms with E-state index in [1.54, 1.807) is 25.1 Å². The van der Waals surface area contributed by atoms with Gasteiger partial charge in [0.2, 0.25) is 11.8 Å². The summed E-state index contributed by atoms with van der Waals surface area (Å²) in [5.74, 6) is -0.468. The van der Waals surface area contributed by atoms with Crippen molar-refractivity contribution in [3.63, 3.8) is 0 Å². The molecular formula is C18H23N3O5. The van der Waals surface area contributed by atoms with E-state index < -0.39 is 6.10 Å². The number of ketones is 1. The molecule has 1 unspecified atom stereocenters. The number of carbonyl (C=O) groups excluding carboxylic acids is 4. The van der Waals surface area contributed by atoms with Gasteiger partial charge in [-0.2, -0.15) is 0 Å². The van der Waals surface area contributed by atoms with Crippen molar-refractivity contribution in [2.75, 3.05) is 24.5 Å². The molecule has 140 valence electrons. The number of anilines is 1. The maximum Gasteiger partial charge on any atom is 0.268 e. The van der Waals surface area contributed by atoms with Crippen molar-refractivity contribution in [3.8, 4) is 5.75 Å². The smallest absolute Gasteiger partial charge is 0.268 e. The maximum atomic E-state index is 12.4. The van der Waals surface area contributed by atoms with E-state index >= 15 is 0 Å². The topological polar surface area (TPSA) is 105 Å². The number of nitrogens with zero attached hydrogens (tertiary/aromatic N) is 1. The van der Waals surface area contributed by atoms with Crippen LogP contribution in [0.1, 0.15) is 37.6 Å². The molecule has 8 nitrogen and oxygen atoms in total. The van der Waals surface area contributed by atoms with Gasteiger partial charge in [-0.1, -0.05) is 0 Å². The molecule has 26 heavy (non-hydrogen) atoms. The molecule has 0 radical (unpaired) electrons.